The Hall–Kier alpha value is -2.16. The van der Waals surface area contributed by atoms with Gasteiger partial charge in [0, 0.05) is 12.2 Å². The van der Waals surface area contributed by atoms with Gasteiger partial charge in [0.1, 0.15) is 11.6 Å². The molecule has 1 N–H and O–H groups in total. The summed E-state index contributed by atoms with van der Waals surface area (Å²) in [7, 11) is 0. The first-order valence-corrected chi connectivity index (χ1v) is 6.43. The van der Waals surface area contributed by atoms with E-state index in [1.165, 1.54) is 18.7 Å². The van der Waals surface area contributed by atoms with E-state index in [9.17, 15) is 10.1 Å². The third-order valence-corrected chi connectivity index (χ3v) is 3.66. The average Bonchev–Trinajstić information content (AvgIpc) is 2.40. The van der Waals surface area contributed by atoms with Crippen molar-refractivity contribution in [1.82, 2.24) is 4.98 Å². The maximum absolute atomic E-state index is 11.1. The minimum absolute atomic E-state index is 0.0472. The summed E-state index contributed by atoms with van der Waals surface area (Å²) in [6, 6.07) is 3.40. The molecule has 1 saturated carbocycles. The van der Waals surface area contributed by atoms with Gasteiger partial charge in [-0.3, -0.25) is 10.1 Å². The van der Waals surface area contributed by atoms with E-state index >= 15 is 0 Å². The predicted octanol–water partition coefficient (Wildman–Crippen LogP) is 2.85. The van der Waals surface area contributed by atoms with Crippen LogP contribution in [0, 0.1) is 27.4 Å². The smallest absolute Gasteiger partial charge is 0.328 e. The molecule has 2 unspecified atom stereocenters. The van der Waals surface area contributed by atoms with Crippen molar-refractivity contribution in [2.75, 3.05) is 5.32 Å². The minimum atomic E-state index is -0.540. The third-order valence-electron chi connectivity index (χ3n) is 3.66. The summed E-state index contributed by atoms with van der Waals surface area (Å²) in [5.74, 6) is 0.670. The molecule has 0 spiro atoms. The standard InChI is InChI=1S/C13H16N4O2/c1-9-4-2-3-5-11(9)16-13-12(17(18)19)10(8-14)6-7-15-13/h6-7,9,11H,2-5H2,1H3,(H,15,16). The van der Waals surface area contributed by atoms with Crippen LogP contribution >= 0.6 is 0 Å². The lowest BCUT2D eigenvalue weighted by Crippen LogP contribution is -2.31. The van der Waals surface area contributed by atoms with Crippen molar-refractivity contribution < 1.29 is 4.92 Å². The maximum Gasteiger partial charge on any atom is 0.328 e. The fourth-order valence-corrected chi connectivity index (χ4v) is 2.54. The molecule has 1 aromatic rings. The summed E-state index contributed by atoms with van der Waals surface area (Å²) in [6.45, 7) is 2.14. The number of nitrogens with zero attached hydrogens (tertiary/aromatic N) is 3. The lowest BCUT2D eigenvalue weighted by Gasteiger charge is -2.29. The van der Waals surface area contributed by atoms with Crippen molar-refractivity contribution in [3.8, 4) is 6.07 Å². The Morgan fingerprint density at radius 1 is 1.53 bits per heavy atom. The molecule has 6 heteroatoms. The zero-order chi connectivity index (χ0) is 13.8. The van der Waals surface area contributed by atoms with E-state index in [1.807, 2.05) is 6.07 Å². The molecule has 1 fully saturated rings. The number of hydrogen-bond acceptors (Lipinski definition) is 5. The largest absolute Gasteiger partial charge is 0.361 e. The lowest BCUT2D eigenvalue weighted by molar-refractivity contribution is -0.384. The second kappa shape index (κ2) is 5.65. The van der Waals surface area contributed by atoms with Crippen LogP contribution in [0.3, 0.4) is 0 Å². The Morgan fingerprint density at radius 3 is 2.89 bits per heavy atom. The second-order valence-electron chi connectivity index (χ2n) is 4.94. The topological polar surface area (TPSA) is 91.8 Å². The Kier molecular flexibility index (Phi) is 3.95. The fraction of sp³-hybridized carbons (Fsp3) is 0.538. The highest BCUT2D eigenvalue weighted by atomic mass is 16.6. The molecule has 0 saturated heterocycles. The van der Waals surface area contributed by atoms with Gasteiger partial charge in [0.15, 0.2) is 0 Å². The fourth-order valence-electron chi connectivity index (χ4n) is 2.54. The number of hydrogen-bond donors (Lipinski definition) is 1. The van der Waals surface area contributed by atoms with Gasteiger partial charge >= 0.3 is 5.69 Å². The first kappa shape index (κ1) is 13.3. The predicted molar refractivity (Wildman–Crippen MR) is 70.6 cm³/mol. The van der Waals surface area contributed by atoms with Crippen LogP contribution in [0.4, 0.5) is 11.5 Å². The molecule has 2 atom stereocenters. The van der Waals surface area contributed by atoms with Crippen LogP contribution in [0.5, 0.6) is 0 Å². The SMILES string of the molecule is CC1CCCCC1Nc1nccc(C#N)c1[N+](=O)[O-]. The van der Waals surface area contributed by atoms with Gasteiger partial charge in [0.2, 0.25) is 5.82 Å². The highest BCUT2D eigenvalue weighted by Crippen LogP contribution is 2.31. The molecule has 0 aromatic carbocycles. The summed E-state index contributed by atoms with van der Waals surface area (Å²) in [4.78, 5) is 14.6. The summed E-state index contributed by atoms with van der Waals surface area (Å²) in [6.07, 6.45) is 5.85. The Bertz CT molecular complexity index is 524. The van der Waals surface area contributed by atoms with Crippen LogP contribution in [0.1, 0.15) is 38.2 Å². The van der Waals surface area contributed by atoms with Crippen LogP contribution in [0.25, 0.3) is 0 Å². The van der Waals surface area contributed by atoms with Gasteiger partial charge < -0.3 is 5.32 Å². The summed E-state index contributed by atoms with van der Waals surface area (Å²) in [5.41, 5.74) is -0.172. The number of nitrogens with one attached hydrogen (secondary N) is 1. The monoisotopic (exact) mass is 260 g/mol. The lowest BCUT2D eigenvalue weighted by atomic mass is 9.86. The number of anilines is 1. The zero-order valence-corrected chi connectivity index (χ0v) is 10.8. The molecule has 100 valence electrons. The van der Waals surface area contributed by atoms with Gasteiger partial charge in [-0.05, 0) is 24.8 Å². The summed E-state index contributed by atoms with van der Waals surface area (Å²) >= 11 is 0. The molecule has 0 aliphatic heterocycles. The van der Waals surface area contributed by atoms with Gasteiger partial charge in [-0.15, -0.1) is 0 Å². The molecule has 19 heavy (non-hydrogen) atoms. The number of nitriles is 1. The van der Waals surface area contributed by atoms with Gasteiger partial charge in [-0.2, -0.15) is 5.26 Å². The molecule has 6 nitrogen and oxygen atoms in total. The van der Waals surface area contributed by atoms with E-state index in [2.05, 4.69) is 17.2 Å². The van der Waals surface area contributed by atoms with Crippen LogP contribution < -0.4 is 5.32 Å². The first-order chi connectivity index (χ1) is 9.13. The molecule has 2 rings (SSSR count). The van der Waals surface area contributed by atoms with E-state index in [1.54, 1.807) is 0 Å². The highest BCUT2D eigenvalue weighted by Gasteiger charge is 2.26. The highest BCUT2D eigenvalue weighted by molar-refractivity contribution is 5.64. The molecule has 1 aliphatic rings. The van der Waals surface area contributed by atoms with Crippen molar-refractivity contribution in [3.05, 3.63) is 27.9 Å². The van der Waals surface area contributed by atoms with Crippen molar-refractivity contribution in [2.24, 2.45) is 5.92 Å². The van der Waals surface area contributed by atoms with Crippen LogP contribution in [-0.2, 0) is 0 Å². The van der Waals surface area contributed by atoms with E-state index in [-0.39, 0.29) is 23.1 Å². The molecule has 1 aliphatic carbocycles. The molecule has 1 aromatic heterocycles. The Morgan fingerprint density at radius 2 is 2.26 bits per heavy atom. The number of pyridine rings is 1. The summed E-state index contributed by atoms with van der Waals surface area (Å²) < 4.78 is 0. The van der Waals surface area contributed by atoms with E-state index < -0.39 is 4.92 Å². The normalized spacial score (nSPS) is 22.5. The molecule has 0 amide bonds. The maximum atomic E-state index is 11.1. The zero-order valence-electron chi connectivity index (χ0n) is 10.8. The quantitative estimate of drug-likeness (QED) is 0.666. The molecule has 0 radical (unpaired) electrons. The van der Waals surface area contributed by atoms with Crippen LogP contribution in [-0.4, -0.2) is 15.9 Å². The number of rotatable bonds is 3. The van der Waals surface area contributed by atoms with Crippen molar-refractivity contribution >= 4 is 11.5 Å². The average molecular weight is 260 g/mol. The molecular weight excluding hydrogens is 244 g/mol. The molecular formula is C13H16N4O2. The van der Waals surface area contributed by atoms with Crippen molar-refractivity contribution in [1.29, 1.82) is 5.26 Å². The molecule has 0 bridgehead atoms. The third kappa shape index (κ3) is 2.81. The number of aromatic nitrogens is 1. The van der Waals surface area contributed by atoms with Crippen LogP contribution in [0.15, 0.2) is 12.3 Å². The first-order valence-electron chi connectivity index (χ1n) is 6.43. The Balaban J connectivity index is 2.29. The van der Waals surface area contributed by atoms with Gasteiger partial charge in [0.05, 0.1) is 4.92 Å². The minimum Gasteiger partial charge on any atom is -0.361 e. The van der Waals surface area contributed by atoms with Crippen molar-refractivity contribution in [2.45, 2.75) is 38.6 Å². The second-order valence-corrected chi connectivity index (χ2v) is 4.94. The van der Waals surface area contributed by atoms with Gasteiger partial charge in [-0.25, -0.2) is 4.98 Å². The summed E-state index contributed by atoms with van der Waals surface area (Å²) in [5, 5.41) is 23.2. The molecule has 1 heterocycles. The Labute approximate surface area is 111 Å². The van der Waals surface area contributed by atoms with Gasteiger partial charge in [-0.1, -0.05) is 19.8 Å². The van der Waals surface area contributed by atoms with E-state index in [0.717, 1.165) is 19.3 Å². The van der Waals surface area contributed by atoms with E-state index in [0.29, 0.717) is 5.92 Å². The van der Waals surface area contributed by atoms with Crippen LogP contribution in [0.2, 0.25) is 0 Å². The van der Waals surface area contributed by atoms with Gasteiger partial charge in [0.25, 0.3) is 0 Å². The van der Waals surface area contributed by atoms with Crippen molar-refractivity contribution in [3.63, 3.8) is 0 Å². The number of nitro groups is 1. The van der Waals surface area contributed by atoms with E-state index in [4.69, 9.17) is 5.26 Å².